The number of carboxylic acid groups (broad SMARTS) is 1. The molecule has 4 unspecified atom stereocenters. The first kappa shape index (κ1) is 28.8. The van der Waals surface area contributed by atoms with Gasteiger partial charge < -0.3 is 21.1 Å². The predicted molar refractivity (Wildman–Crippen MR) is 134 cm³/mol. The number of aliphatic hydroxyl groups excluding tert-OH is 2. The second-order valence-corrected chi connectivity index (χ2v) is 14.0. The molecule has 4 aliphatic rings. The number of hydrogen-bond donors (Lipinski definition) is 5. The van der Waals surface area contributed by atoms with Gasteiger partial charge in [-0.1, -0.05) is 20.8 Å². The molecule has 0 aromatic heterocycles. The van der Waals surface area contributed by atoms with Gasteiger partial charge in [0, 0.05) is 13.0 Å². The molecule has 0 radical (unpaired) electrons. The fraction of sp³-hybridized carbons (Fsp3) is 0.962. The molecule has 6 N–H and O–H groups in total. The Morgan fingerprint density at radius 2 is 1.66 bits per heavy atom. The van der Waals surface area contributed by atoms with E-state index >= 15 is 0 Å². The summed E-state index contributed by atoms with van der Waals surface area (Å²) in [6.45, 7) is 7.13. The first-order chi connectivity index (χ1) is 16.2. The summed E-state index contributed by atoms with van der Waals surface area (Å²) in [7, 11) is -3.80. The average Bonchev–Trinajstić information content (AvgIpc) is 3.10. The molecule has 0 bridgehead atoms. The van der Waals surface area contributed by atoms with E-state index in [-0.39, 0.29) is 41.8 Å². The van der Waals surface area contributed by atoms with E-state index in [0.29, 0.717) is 35.5 Å². The van der Waals surface area contributed by atoms with Crippen LogP contribution in [0.15, 0.2) is 0 Å². The Kier molecular flexibility index (Phi) is 9.01. The predicted octanol–water partition coefficient (Wildman–Crippen LogP) is 3.31. The maximum Gasteiger partial charge on any atom is 0.303 e. The number of fused-ring (bicyclic) bond motifs is 5. The standard InChI is InChI=1S/C24H40O4.C2H7NO3S/c1-14(4-7-21(27)28)17-5-6-18-22-19(9-11-24(17,18)3)23(2)10-8-16(25)12-15(23)13-20(22)26;3-1-2-7(4,5)6/h14-20,22,25-26H,4-13H2,1-3H3,(H,27,28);1-3H2,(H,4,5,6)/t14-,15?,16+,17-,18?,19?,20+,22?,23+,24-;/m1./s1. The minimum absolute atomic E-state index is 0.0289. The van der Waals surface area contributed by atoms with Gasteiger partial charge in [0.05, 0.1) is 18.0 Å². The van der Waals surface area contributed by atoms with E-state index in [1.54, 1.807) is 0 Å². The maximum absolute atomic E-state index is 11.2. The quantitative estimate of drug-likeness (QED) is 0.336. The van der Waals surface area contributed by atoms with Crippen LogP contribution in [-0.2, 0) is 14.9 Å². The Hall–Kier alpha value is -0.740. The maximum atomic E-state index is 11.2. The fourth-order valence-electron chi connectivity index (χ4n) is 8.88. The van der Waals surface area contributed by atoms with Crippen LogP contribution in [0.25, 0.3) is 0 Å². The Morgan fingerprint density at radius 1 is 1.03 bits per heavy atom. The molecule has 0 aromatic carbocycles. The number of hydrogen-bond acceptors (Lipinski definition) is 6. The summed E-state index contributed by atoms with van der Waals surface area (Å²) < 4.78 is 27.3. The van der Waals surface area contributed by atoms with E-state index < -0.39 is 16.1 Å². The first-order valence-corrected chi connectivity index (χ1v) is 15.1. The molecule has 4 aliphatic carbocycles. The number of aliphatic hydroxyl groups is 2. The van der Waals surface area contributed by atoms with Crippen molar-refractivity contribution in [3.8, 4) is 0 Å². The fourth-order valence-corrected chi connectivity index (χ4v) is 9.17. The Balaban J connectivity index is 0.000000429. The molecule has 10 atom stereocenters. The molecule has 0 spiro atoms. The van der Waals surface area contributed by atoms with Crippen molar-refractivity contribution < 1.29 is 33.1 Å². The van der Waals surface area contributed by atoms with E-state index in [4.69, 9.17) is 15.4 Å². The van der Waals surface area contributed by atoms with Crippen LogP contribution in [0.4, 0.5) is 0 Å². The molecule has 0 amide bonds. The van der Waals surface area contributed by atoms with Crippen LogP contribution >= 0.6 is 0 Å². The van der Waals surface area contributed by atoms with Gasteiger partial charge in [-0.25, -0.2) is 0 Å². The Bertz CT molecular complexity index is 851. The second kappa shape index (κ2) is 10.9. The third kappa shape index (κ3) is 6.06. The largest absolute Gasteiger partial charge is 0.481 e. The van der Waals surface area contributed by atoms with Gasteiger partial charge in [0.2, 0.25) is 0 Å². The van der Waals surface area contributed by atoms with Crippen LogP contribution in [0.1, 0.15) is 85.0 Å². The van der Waals surface area contributed by atoms with E-state index in [9.17, 15) is 23.4 Å². The highest BCUT2D eigenvalue weighted by molar-refractivity contribution is 7.85. The molecule has 4 fully saturated rings. The van der Waals surface area contributed by atoms with Crippen LogP contribution in [0, 0.1) is 46.3 Å². The molecule has 0 aliphatic heterocycles. The van der Waals surface area contributed by atoms with Crippen LogP contribution in [0.3, 0.4) is 0 Å². The molecule has 0 heterocycles. The second-order valence-electron chi connectivity index (χ2n) is 12.4. The highest BCUT2D eigenvalue weighted by Crippen LogP contribution is 2.68. The van der Waals surface area contributed by atoms with Crippen molar-refractivity contribution in [1.82, 2.24) is 0 Å². The van der Waals surface area contributed by atoms with Gasteiger partial charge in [-0.3, -0.25) is 9.35 Å². The summed E-state index contributed by atoms with van der Waals surface area (Å²) in [4.78, 5) is 11.1. The molecular weight excluding hydrogens is 470 g/mol. The first-order valence-electron chi connectivity index (χ1n) is 13.5. The van der Waals surface area contributed by atoms with Crippen molar-refractivity contribution in [1.29, 1.82) is 0 Å². The molecule has 35 heavy (non-hydrogen) atoms. The van der Waals surface area contributed by atoms with Gasteiger partial charge in [0.1, 0.15) is 0 Å². The van der Waals surface area contributed by atoms with Crippen molar-refractivity contribution in [2.45, 2.75) is 97.2 Å². The minimum Gasteiger partial charge on any atom is -0.481 e. The molecular formula is C26H47NO7S. The number of carboxylic acids is 1. The highest BCUT2D eigenvalue weighted by Gasteiger charge is 2.62. The van der Waals surface area contributed by atoms with Crippen LogP contribution in [-0.4, -0.2) is 58.8 Å². The number of carbonyl (C=O) groups is 1. The lowest BCUT2D eigenvalue weighted by atomic mass is 9.43. The molecule has 9 heteroatoms. The monoisotopic (exact) mass is 517 g/mol. The molecule has 4 rings (SSSR count). The van der Waals surface area contributed by atoms with Gasteiger partial charge in [0.15, 0.2) is 0 Å². The van der Waals surface area contributed by atoms with Gasteiger partial charge in [-0.2, -0.15) is 8.42 Å². The van der Waals surface area contributed by atoms with Crippen LogP contribution < -0.4 is 5.73 Å². The molecule has 204 valence electrons. The van der Waals surface area contributed by atoms with E-state index in [1.807, 2.05) is 0 Å². The topological polar surface area (TPSA) is 158 Å². The molecule has 0 aromatic rings. The normalized spacial score (nSPS) is 43.7. The van der Waals surface area contributed by atoms with Crippen molar-refractivity contribution in [3.05, 3.63) is 0 Å². The van der Waals surface area contributed by atoms with Crippen LogP contribution in [0.5, 0.6) is 0 Å². The molecule has 8 nitrogen and oxygen atoms in total. The zero-order valence-electron chi connectivity index (χ0n) is 21.6. The minimum atomic E-state index is -3.80. The van der Waals surface area contributed by atoms with Crippen molar-refractivity contribution in [2.75, 3.05) is 12.3 Å². The van der Waals surface area contributed by atoms with E-state index in [2.05, 4.69) is 20.8 Å². The Labute approximate surface area is 210 Å². The van der Waals surface area contributed by atoms with Gasteiger partial charge in [0.25, 0.3) is 10.1 Å². The highest BCUT2D eigenvalue weighted by atomic mass is 32.2. The average molecular weight is 518 g/mol. The summed E-state index contributed by atoms with van der Waals surface area (Å²) in [5, 5.41) is 30.5. The number of nitrogens with two attached hydrogens (primary N) is 1. The van der Waals surface area contributed by atoms with E-state index in [0.717, 1.165) is 32.1 Å². The summed E-state index contributed by atoms with van der Waals surface area (Å²) >= 11 is 0. The zero-order chi connectivity index (χ0) is 26.2. The lowest BCUT2D eigenvalue weighted by Gasteiger charge is -2.62. The van der Waals surface area contributed by atoms with Crippen LogP contribution in [0.2, 0.25) is 0 Å². The van der Waals surface area contributed by atoms with Crippen molar-refractivity contribution in [2.24, 2.45) is 52.1 Å². The lowest BCUT2D eigenvalue weighted by Crippen LogP contribution is -2.58. The third-order valence-corrected chi connectivity index (χ3v) is 11.4. The molecule has 0 saturated heterocycles. The summed E-state index contributed by atoms with van der Waals surface area (Å²) in [5.41, 5.74) is 5.30. The van der Waals surface area contributed by atoms with Gasteiger partial charge in [-0.15, -0.1) is 0 Å². The van der Waals surface area contributed by atoms with Gasteiger partial charge >= 0.3 is 5.97 Å². The summed E-state index contributed by atoms with van der Waals surface area (Å²) in [6.07, 6.45) is 9.19. The Morgan fingerprint density at radius 3 is 2.23 bits per heavy atom. The SMILES string of the molecule is C[C@H](CCC(=O)O)[C@H]1CCC2C3C(CC[C@@]21C)[C@@]1(C)CC[C@H](O)CC1C[C@@H]3O.NCCS(=O)(=O)O. The third-order valence-electron chi connectivity index (χ3n) is 10.6. The van der Waals surface area contributed by atoms with E-state index in [1.165, 1.54) is 25.7 Å². The number of rotatable bonds is 6. The van der Waals surface area contributed by atoms with Crippen molar-refractivity contribution >= 4 is 16.1 Å². The lowest BCUT2D eigenvalue weighted by molar-refractivity contribution is -0.174. The summed E-state index contributed by atoms with van der Waals surface area (Å²) in [6, 6.07) is 0. The number of aliphatic carboxylic acids is 1. The van der Waals surface area contributed by atoms with Crippen molar-refractivity contribution in [3.63, 3.8) is 0 Å². The summed E-state index contributed by atoms with van der Waals surface area (Å²) in [5.74, 6) is 2.00. The van der Waals surface area contributed by atoms with Gasteiger partial charge in [-0.05, 0) is 104 Å². The zero-order valence-corrected chi connectivity index (χ0v) is 22.4. The smallest absolute Gasteiger partial charge is 0.303 e. The molecule has 4 saturated carbocycles.